The second-order valence-corrected chi connectivity index (χ2v) is 6.27. The number of carboxylic acid groups (broad SMARTS) is 1. The molecule has 0 spiro atoms. The number of aliphatic carboxylic acids is 1. The van der Waals surface area contributed by atoms with Crippen molar-refractivity contribution in [1.29, 1.82) is 0 Å². The highest BCUT2D eigenvalue weighted by molar-refractivity contribution is 5.94. The summed E-state index contributed by atoms with van der Waals surface area (Å²) in [7, 11) is 0. The van der Waals surface area contributed by atoms with Gasteiger partial charge in [-0.05, 0) is 31.9 Å². The minimum atomic E-state index is -0.875. The van der Waals surface area contributed by atoms with Crippen LogP contribution in [-0.4, -0.2) is 22.6 Å². The molecule has 126 valence electrons. The average molecular weight is 326 g/mol. The Bertz CT molecular complexity index is 712. The van der Waals surface area contributed by atoms with E-state index in [4.69, 9.17) is 5.11 Å². The van der Waals surface area contributed by atoms with Crippen molar-refractivity contribution in [2.24, 2.45) is 0 Å². The number of benzene rings is 2. The number of nitrogens with one attached hydrogen (secondary N) is 2. The third-order valence-corrected chi connectivity index (χ3v) is 3.68. The van der Waals surface area contributed by atoms with E-state index in [1.165, 1.54) is 0 Å². The molecule has 2 rings (SSSR count). The molecule has 0 aliphatic rings. The van der Waals surface area contributed by atoms with Crippen molar-refractivity contribution in [3.63, 3.8) is 0 Å². The van der Waals surface area contributed by atoms with E-state index < -0.39 is 11.5 Å². The van der Waals surface area contributed by atoms with E-state index in [-0.39, 0.29) is 12.5 Å². The molecule has 0 aromatic heterocycles. The fourth-order valence-corrected chi connectivity index (χ4v) is 2.40. The Morgan fingerprint density at radius 2 is 1.62 bits per heavy atom. The predicted molar refractivity (Wildman–Crippen MR) is 95.0 cm³/mol. The first-order valence-electron chi connectivity index (χ1n) is 7.83. The zero-order valence-corrected chi connectivity index (χ0v) is 13.9. The van der Waals surface area contributed by atoms with Gasteiger partial charge in [-0.1, -0.05) is 48.5 Å². The first-order valence-corrected chi connectivity index (χ1v) is 7.83. The highest BCUT2D eigenvalue weighted by Gasteiger charge is 2.22. The Morgan fingerprint density at radius 1 is 1.00 bits per heavy atom. The van der Waals surface area contributed by atoms with Crippen LogP contribution in [0.5, 0.6) is 0 Å². The summed E-state index contributed by atoms with van der Waals surface area (Å²) in [4.78, 5) is 23.0. The number of hydrogen-bond acceptors (Lipinski definition) is 2. The Kier molecular flexibility index (Phi) is 5.58. The van der Waals surface area contributed by atoms with E-state index >= 15 is 0 Å². The van der Waals surface area contributed by atoms with Crippen LogP contribution >= 0.6 is 0 Å². The summed E-state index contributed by atoms with van der Waals surface area (Å²) in [5, 5.41) is 14.5. The number of urea groups is 1. The largest absolute Gasteiger partial charge is 0.481 e. The molecular formula is C19H22N2O3. The normalized spacial score (nSPS) is 10.9. The minimum Gasteiger partial charge on any atom is -0.481 e. The highest BCUT2D eigenvalue weighted by atomic mass is 16.4. The van der Waals surface area contributed by atoms with Gasteiger partial charge in [-0.25, -0.2) is 4.79 Å². The molecule has 2 aromatic rings. The lowest BCUT2D eigenvalue weighted by molar-refractivity contribution is -0.137. The lowest BCUT2D eigenvalue weighted by Crippen LogP contribution is -2.45. The molecule has 0 radical (unpaired) electrons. The molecule has 5 heteroatoms. The molecule has 0 atom stereocenters. The van der Waals surface area contributed by atoms with Crippen molar-refractivity contribution >= 4 is 17.7 Å². The van der Waals surface area contributed by atoms with Gasteiger partial charge < -0.3 is 15.7 Å². The van der Waals surface area contributed by atoms with Gasteiger partial charge in [-0.15, -0.1) is 0 Å². The van der Waals surface area contributed by atoms with E-state index in [0.717, 1.165) is 11.1 Å². The number of anilines is 1. The van der Waals surface area contributed by atoms with Crippen LogP contribution < -0.4 is 10.6 Å². The second kappa shape index (κ2) is 7.64. The molecule has 24 heavy (non-hydrogen) atoms. The van der Waals surface area contributed by atoms with Gasteiger partial charge in [-0.3, -0.25) is 4.79 Å². The Hall–Kier alpha value is -2.82. The van der Waals surface area contributed by atoms with E-state index in [2.05, 4.69) is 10.6 Å². The lowest BCUT2D eigenvalue weighted by atomic mass is 9.99. The lowest BCUT2D eigenvalue weighted by Gasteiger charge is -2.26. The molecule has 3 N–H and O–H groups in total. The summed E-state index contributed by atoms with van der Waals surface area (Å²) >= 11 is 0. The first-order chi connectivity index (χ1) is 11.4. The standard InChI is InChI=1S/C19H22N2O3/c1-19(2,13-12-17(22)23)21-18(24)20-16-11-7-6-10-15(16)14-8-4-3-5-9-14/h3-11H,12-13H2,1-2H3,(H,22,23)(H2,20,21,24). The second-order valence-electron chi connectivity index (χ2n) is 6.27. The first kappa shape index (κ1) is 17.5. The molecule has 0 saturated heterocycles. The van der Waals surface area contributed by atoms with Crippen molar-refractivity contribution in [2.75, 3.05) is 5.32 Å². The molecule has 0 fully saturated rings. The number of para-hydroxylation sites is 1. The van der Waals surface area contributed by atoms with Crippen LogP contribution in [0.4, 0.5) is 10.5 Å². The van der Waals surface area contributed by atoms with Crippen LogP contribution in [0.15, 0.2) is 54.6 Å². The van der Waals surface area contributed by atoms with Crippen LogP contribution in [0.2, 0.25) is 0 Å². The summed E-state index contributed by atoms with van der Waals surface area (Å²) < 4.78 is 0. The number of carbonyl (C=O) groups is 2. The number of amides is 2. The Balaban J connectivity index is 2.09. The summed E-state index contributed by atoms with van der Waals surface area (Å²) in [6.45, 7) is 3.61. The zero-order chi connectivity index (χ0) is 17.6. The fraction of sp³-hybridized carbons (Fsp3) is 0.263. The van der Waals surface area contributed by atoms with Crippen LogP contribution in [0.1, 0.15) is 26.7 Å². The summed E-state index contributed by atoms with van der Waals surface area (Å²) in [5.41, 5.74) is 2.04. The van der Waals surface area contributed by atoms with Gasteiger partial charge in [0.1, 0.15) is 0 Å². The molecule has 0 aliphatic heterocycles. The Morgan fingerprint density at radius 3 is 2.29 bits per heavy atom. The number of carboxylic acids is 1. The monoisotopic (exact) mass is 326 g/mol. The third kappa shape index (κ3) is 5.12. The van der Waals surface area contributed by atoms with Gasteiger partial charge >= 0.3 is 12.0 Å². The van der Waals surface area contributed by atoms with Crippen LogP contribution in [-0.2, 0) is 4.79 Å². The maximum Gasteiger partial charge on any atom is 0.319 e. The summed E-state index contributed by atoms with van der Waals surface area (Å²) in [5.74, 6) is -0.875. The maximum atomic E-state index is 12.3. The van der Waals surface area contributed by atoms with E-state index in [9.17, 15) is 9.59 Å². The maximum absolute atomic E-state index is 12.3. The van der Waals surface area contributed by atoms with Gasteiger partial charge in [-0.2, -0.15) is 0 Å². The molecule has 0 aliphatic carbocycles. The number of carbonyl (C=O) groups excluding carboxylic acids is 1. The van der Waals surface area contributed by atoms with Gasteiger partial charge in [0, 0.05) is 17.5 Å². The molecule has 2 aromatic carbocycles. The van der Waals surface area contributed by atoms with Gasteiger partial charge in [0.05, 0.1) is 5.69 Å². The smallest absolute Gasteiger partial charge is 0.319 e. The number of rotatable bonds is 6. The van der Waals surface area contributed by atoms with Gasteiger partial charge in [0.2, 0.25) is 0 Å². The average Bonchev–Trinajstić information content (AvgIpc) is 2.54. The summed E-state index contributed by atoms with van der Waals surface area (Å²) in [6, 6.07) is 17.0. The highest BCUT2D eigenvalue weighted by Crippen LogP contribution is 2.27. The summed E-state index contributed by atoms with van der Waals surface area (Å²) in [6.07, 6.45) is 0.365. The molecule has 2 amide bonds. The molecule has 0 unspecified atom stereocenters. The molecule has 0 heterocycles. The quantitative estimate of drug-likeness (QED) is 0.747. The van der Waals surface area contributed by atoms with Crippen molar-refractivity contribution in [1.82, 2.24) is 5.32 Å². The van der Waals surface area contributed by atoms with E-state index in [1.807, 2.05) is 54.6 Å². The van der Waals surface area contributed by atoms with E-state index in [1.54, 1.807) is 13.8 Å². The zero-order valence-electron chi connectivity index (χ0n) is 13.9. The predicted octanol–water partition coefficient (Wildman–Crippen LogP) is 4.12. The Labute approximate surface area is 141 Å². The molecule has 0 bridgehead atoms. The molecular weight excluding hydrogens is 304 g/mol. The fourth-order valence-electron chi connectivity index (χ4n) is 2.40. The molecule has 5 nitrogen and oxygen atoms in total. The van der Waals surface area contributed by atoms with E-state index in [0.29, 0.717) is 12.1 Å². The van der Waals surface area contributed by atoms with Crippen molar-refractivity contribution in [3.8, 4) is 11.1 Å². The van der Waals surface area contributed by atoms with Crippen LogP contribution in [0.25, 0.3) is 11.1 Å². The molecule has 0 saturated carbocycles. The van der Waals surface area contributed by atoms with Crippen LogP contribution in [0.3, 0.4) is 0 Å². The van der Waals surface area contributed by atoms with Crippen molar-refractivity contribution in [3.05, 3.63) is 54.6 Å². The SMILES string of the molecule is CC(C)(CCC(=O)O)NC(=O)Nc1ccccc1-c1ccccc1. The van der Waals surface area contributed by atoms with Crippen LogP contribution in [0, 0.1) is 0 Å². The topological polar surface area (TPSA) is 78.4 Å². The third-order valence-electron chi connectivity index (χ3n) is 3.68. The van der Waals surface area contributed by atoms with Gasteiger partial charge in [0.15, 0.2) is 0 Å². The minimum absolute atomic E-state index is 0.00782. The number of hydrogen-bond donors (Lipinski definition) is 3. The van der Waals surface area contributed by atoms with Crippen molar-refractivity contribution in [2.45, 2.75) is 32.2 Å². The van der Waals surface area contributed by atoms with Gasteiger partial charge in [0.25, 0.3) is 0 Å². The van der Waals surface area contributed by atoms with Crippen molar-refractivity contribution < 1.29 is 14.7 Å².